The molecular formula is C90H61N5. The van der Waals surface area contributed by atoms with Crippen LogP contribution in [0.25, 0.3) is 171 Å². The number of fused-ring (bicyclic) bond motifs is 18. The topological polar surface area (TPSA) is 40.6 Å². The predicted molar refractivity (Wildman–Crippen MR) is 397 cm³/mol. The van der Waals surface area contributed by atoms with Gasteiger partial charge in [-0.1, -0.05) is 234 Å². The minimum absolute atomic E-state index is 0.115. The molecule has 4 aromatic heterocycles. The van der Waals surface area contributed by atoms with Gasteiger partial charge in [0.25, 0.3) is 0 Å². The van der Waals surface area contributed by atoms with Crippen LogP contribution in [0.4, 0.5) is 0 Å². The standard InChI is InChI=1S/C90H61N5/c1-89(2)75-29-14-10-25-65(75)67-42-38-62(52-77(67)89)93-80-31-16-12-27-69(80)73-48-56(36-45-82(73)93)58-33-40-71-72-41-34-59(57-37-46-83-74(49-57)70-28-13-17-32-81(70)94(83)63-39-43-68-66-26-11-15-30-76(66)90(3,4)78(68)53-63)51-85(72)95(84(71)50-58)61-23-18-22-60(47-61)87-86-64-24-9-8-19-54(64)35-44-79(86)91-88(92-87)55-20-6-5-7-21-55/h5-53H,1-4H3. The molecule has 0 radical (unpaired) electrons. The van der Waals surface area contributed by atoms with Gasteiger partial charge in [0, 0.05) is 76.7 Å². The molecule has 20 rings (SSSR count). The highest BCUT2D eigenvalue weighted by molar-refractivity contribution is 6.16. The monoisotopic (exact) mass is 1210 g/mol. The highest BCUT2D eigenvalue weighted by atomic mass is 15.0. The first kappa shape index (κ1) is 53.7. The molecule has 0 saturated carbocycles. The van der Waals surface area contributed by atoms with E-state index in [0.29, 0.717) is 5.82 Å². The van der Waals surface area contributed by atoms with Crippen molar-refractivity contribution in [2.45, 2.75) is 38.5 Å². The van der Waals surface area contributed by atoms with Crippen molar-refractivity contribution in [3.05, 3.63) is 320 Å². The number of hydrogen-bond acceptors (Lipinski definition) is 2. The Hall–Kier alpha value is -11.9. The Morgan fingerprint density at radius 2 is 0.695 bits per heavy atom. The van der Waals surface area contributed by atoms with Crippen LogP contribution in [0.2, 0.25) is 0 Å². The van der Waals surface area contributed by atoms with Crippen molar-refractivity contribution in [1.82, 2.24) is 23.7 Å². The number of rotatable bonds is 7. The number of para-hydroxylation sites is 2. The fraction of sp³-hybridized carbons (Fsp3) is 0.0667. The number of hydrogen-bond donors (Lipinski definition) is 0. The maximum absolute atomic E-state index is 5.52. The second-order valence-electron chi connectivity index (χ2n) is 27.3. The van der Waals surface area contributed by atoms with Crippen LogP contribution in [0.1, 0.15) is 49.9 Å². The van der Waals surface area contributed by atoms with Crippen LogP contribution >= 0.6 is 0 Å². The maximum atomic E-state index is 5.52. The van der Waals surface area contributed by atoms with Gasteiger partial charge in [-0.25, -0.2) is 9.97 Å². The Kier molecular flexibility index (Phi) is 11.2. The third-order valence-electron chi connectivity index (χ3n) is 21.4. The third-order valence-corrected chi connectivity index (χ3v) is 21.4. The Labute approximate surface area is 549 Å². The Morgan fingerprint density at radius 1 is 0.253 bits per heavy atom. The second kappa shape index (κ2) is 19.8. The van der Waals surface area contributed by atoms with Gasteiger partial charge in [-0.2, -0.15) is 0 Å². The zero-order chi connectivity index (χ0) is 63.0. The van der Waals surface area contributed by atoms with E-state index in [0.717, 1.165) is 77.5 Å². The molecule has 0 bridgehead atoms. The first-order valence-electron chi connectivity index (χ1n) is 33.1. The lowest BCUT2D eigenvalue weighted by atomic mass is 9.82. The molecule has 0 aliphatic heterocycles. The number of benzene rings is 14. The summed E-state index contributed by atoms with van der Waals surface area (Å²) < 4.78 is 7.43. The highest BCUT2D eigenvalue weighted by Crippen LogP contribution is 2.52. The third kappa shape index (κ3) is 7.78. The van der Waals surface area contributed by atoms with Crippen molar-refractivity contribution in [2.75, 3.05) is 0 Å². The van der Waals surface area contributed by atoms with Crippen molar-refractivity contribution in [3.63, 3.8) is 0 Å². The van der Waals surface area contributed by atoms with E-state index < -0.39 is 0 Å². The van der Waals surface area contributed by atoms with Crippen LogP contribution in [0, 0.1) is 0 Å². The lowest BCUT2D eigenvalue weighted by molar-refractivity contribution is 0.660. The Morgan fingerprint density at radius 3 is 1.28 bits per heavy atom. The van der Waals surface area contributed by atoms with Crippen LogP contribution in [0.5, 0.6) is 0 Å². The average molecular weight is 1210 g/mol. The van der Waals surface area contributed by atoms with Crippen LogP contribution in [0.3, 0.4) is 0 Å². The van der Waals surface area contributed by atoms with E-state index in [4.69, 9.17) is 9.97 Å². The molecule has 0 saturated heterocycles. The molecule has 0 N–H and O–H groups in total. The van der Waals surface area contributed by atoms with Gasteiger partial charge in [-0.15, -0.1) is 0 Å². The van der Waals surface area contributed by atoms with Gasteiger partial charge in [0.2, 0.25) is 0 Å². The van der Waals surface area contributed by atoms with E-state index in [1.807, 2.05) is 6.07 Å². The summed E-state index contributed by atoms with van der Waals surface area (Å²) in [6.45, 7) is 9.46. The van der Waals surface area contributed by atoms with Gasteiger partial charge in [-0.3, -0.25) is 0 Å². The molecule has 14 aromatic carbocycles. The molecule has 5 nitrogen and oxygen atoms in total. The van der Waals surface area contributed by atoms with Crippen LogP contribution in [-0.2, 0) is 10.8 Å². The summed E-state index contributed by atoms with van der Waals surface area (Å²) in [4.78, 5) is 10.8. The van der Waals surface area contributed by atoms with Gasteiger partial charge in [0.1, 0.15) is 0 Å². The van der Waals surface area contributed by atoms with Crippen LogP contribution < -0.4 is 0 Å². The van der Waals surface area contributed by atoms with Gasteiger partial charge in [-0.05, 0) is 169 Å². The lowest BCUT2D eigenvalue weighted by Gasteiger charge is -2.22. The SMILES string of the molecule is CC1(C)c2ccccc2-c2ccc(-n3c4ccccc4c4cc(-c5ccc6c7ccc(-c8ccc9c(c8)c8ccccc8n9-c8ccc9c(c8)C(C)(C)c8ccccc8-9)cc7n(-c7cccc(-c8nc(-c9ccccc9)nc9ccc%10ccccc%10c89)c7)c6c5)ccc43)cc21. The van der Waals surface area contributed by atoms with E-state index in [9.17, 15) is 0 Å². The van der Waals surface area contributed by atoms with Crippen molar-refractivity contribution >= 4 is 87.1 Å². The Balaban J connectivity index is 0.771. The normalized spacial score (nSPS) is 13.6. The largest absolute Gasteiger partial charge is 0.309 e. The fourth-order valence-corrected chi connectivity index (χ4v) is 16.8. The molecule has 0 unspecified atom stereocenters. The molecule has 0 fully saturated rings. The molecule has 2 aliphatic rings. The first-order valence-corrected chi connectivity index (χ1v) is 33.1. The maximum Gasteiger partial charge on any atom is 0.160 e. The van der Waals surface area contributed by atoms with E-state index in [1.165, 1.54) is 110 Å². The van der Waals surface area contributed by atoms with E-state index in [2.05, 4.69) is 333 Å². The van der Waals surface area contributed by atoms with Crippen LogP contribution in [0.15, 0.2) is 297 Å². The first-order chi connectivity index (χ1) is 46.6. The smallest absolute Gasteiger partial charge is 0.160 e. The molecule has 2 aliphatic carbocycles. The molecule has 0 amide bonds. The number of aromatic nitrogens is 5. The molecule has 5 heteroatoms. The van der Waals surface area contributed by atoms with Crippen molar-refractivity contribution in [1.29, 1.82) is 0 Å². The fourth-order valence-electron chi connectivity index (χ4n) is 16.8. The Bertz CT molecular complexity index is 6060. The summed E-state index contributed by atoms with van der Waals surface area (Å²) in [5.41, 5.74) is 29.4. The molecule has 0 atom stereocenters. The van der Waals surface area contributed by atoms with E-state index in [1.54, 1.807) is 0 Å². The molecule has 446 valence electrons. The summed E-state index contributed by atoms with van der Waals surface area (Å²) in [6, 6.07) is 110. The molecule has 0 spiro atoms. The van der Waals surface area contributed by atoms with Crippen molar-refractivity contribution < 1.29 is 0 Å². The number of nitrogens with zero attached hydrogens (tertiary/aromatic N) is 5. The van der Waals surface area contributed by atoms with Gasteiger partial charge < -0.3 is 13.7 Å². The average Bonchev–Trinajstić information content (AvgIpc) is 1.60. The molecule has 95 heavy (non-hydrogen) atoms. The second-order valence-corrected chi connectivity index (χ2v) is 27.3. The zero-order valence-corrected chi connectivity index (χ0v) is 53.0. The summed E-state index contributed by atoms with van der Waals surface area (Å²) in [5.74, 6) is 0.699. The quantitative estimate of drug-likeness (QED) is 0.149. The van der Waals surface area contributed by atoms with Gasteiger partial charge >= 0.3 is 0 Å². The minimum atomic E-state index is -0.115. The highest BCUT2D eigenvalue weighted by Gasteiger charge is 2.37. The lowest BCUT2D eigenvalue weighted by Crippen LogP contribution is -2.15. The summed E-state index contributed by atoms with van der Waals surface area (Å²) >= 11 is 0. The van der Waals surface area contributed by atoms with Gasteiger partial charge in [0.15, 0.2) is 5.82 Å². The van der Waals surface area contributed by atoms with Crippen molar-refractivity contribution in [2.24, 2.45) is 0 Å². The molecule has 18 aromatic rings. The summed E-state index contributed by atoms with van der Waals surface area (Å²) in [6.07, 6.45) is 0. The van der Waals surface area contributed by atoms with E-state index >= 15 is 0 Å². The summed E-state index contributed by atoms with van der Waals surface area (Å²) in [7, 11) is 0. The summed E-state index contributed by atoms with van der Waals surface area (Å²) in [5, 5.41) is 10.6. The molecule has 4 heterocycles. The van der Waals surface area contributed by atoms with Gasteiger partial charge in [0.05, 0.1) is 44.3 Å². The van der Waals surface area contributed by atoms with Crippen molar-refractivity contribution in [3.8, 4) is 84.2 Å². The van der Waals surface area contributed by atoms with E-state index in [-0.39, 0.29) is 10.8 Å². The molecular weight excluding hydrogens is 1150 g/mol. The minimum Gasteiger partial charge on any atom is -0.309 e. The zero-order valence-electron chi connectivity index (χ0n) is 53.0. The predicted octanol–water partition coefficient (Wildman–Crippen LogP) is 23.4. The van der Waals surface area contributed by atoms with Crippen LogP contribution in [-0.4, -0.2) is 23.7 Å².